The number of nitrogen functional groups attached to an aromatic ring is 1. The number of nitrogens with two attached hydrogens (primary N) is 1. The van der Waals surface area contributed by atoms with Crippen LogP contribution in [0.25, 0.3) is 0 Å². The van der Waals surface area contributed by atoms with E-state index in [1.165, 1.54) is 0 Å². The molecule has 1 aromatic heterocycles. The molecule has 1 atom stereocenters. The highest BCUT2D eigenvalue weighted by atomic mass is 79.9. The maximum atomic E-state index is 12.3. The topological polar surface area (TPSA) is 77.7 Å². The van der Waals surface area contributed by atoms with Crippen molar-refractivity contribution < 1.29 is 14.3 Å². The number of nitrogens with zero attached hydrogens (tertiary/aromatic N) is 2. The van der Waals surface area contributed by atoms with E-state index in [-0.39, 0.29) is 17.6 Å². The molecule has 6 nitrogen and oxygen atoms in total. The molecule has 7 heteroatoms. The molecule has 2 N–H and O–H groups in total. The van der Waals surface area contributed by atoms with E-state index >= 15 is 0 Å². The molecular formula is C16H24BrN3O3. The number of amides is 1. The molecule has 2 rings (SSSR count). The number of hydrogen-bond acceptors (Lipinski definition) is 5. The van der Waals surface area contributed by atoms with Gasteiger partial charge in [0.2, 0.25) is 0 Å². The van der Waals surface area contributed by atoms with E-state index in [1.54, 1.807) is 17.2 Å². The van der Waals surface area contributed by atoms with Crippen LogP contribution in [0.3, 0.4) is 0 Å². The van der Waals surface area contributed by atoms with Crippen LogP contribution in [0.5, 0.6) is 5.75 Å². The Balaban J connectivity index is 2.11. The number of ether oxygens (including phenoxy) is 2. The first-order valence-electron chi connectivity index (χ1n) is 7.53. The minimum Gasteiger partial charge on any atom is -0.484 e. The van der Waals surface area contributed by atoms with Crippen LogP contribution in [-0.2, 0) is 4.74 Å². The predicted octanol–water partition coefficient (Wildman–Crippen LogP) is 3.45. The van der Waals surface area contributed by atoms with Crippen molar-refractivity contribution >= 4 is 27.8 Å². The number of likely N-dealkylation sites (tertiary alicyclic amines) is 1. The van der Waals surface area contributed by atoms with Crippen LogP contribution in [0.4, 0.5) is 10.6 Å². The quantitative estimate of drug-likeness (QED) is 0.843. The van der Waals surface area contributed by atoms with Crippen molar-refractivity contribution in [1.82, 2.24) is 9.88 Å². The number of carbonyl (C=O) groups excluding carboxylic acids is 1. The van der Waals surface area contributed by atoms with E-state index < -0.39 is 5.60 Å². The largest absolute Gasteiger partial charge is 0.484 e. The van der Waals surface area contributed by atoms with Crippen LogP contribution in [0.2, 0.25) is 0 Å². The lowest BCUT2D eigenvalue weighted by atomic mass is 9.90. The highest BCUT2D eigenvalue weighted by molar-refractivity contribution is 9.10. The number of halogens is 1. The van der Waals surface area contributed by atoms with Gasteiger partial charge < -0.3 is 20.1 Å². The van der Waals surface area contributed by atoms with Gasteiger partial charge in [0.1, 0.15) is 11.7 Å². The van der Waals surface area contributed by atoms with Crippen molar-refractivity contribution in [3.05, 3.63) is 16.7 Å². The van der Waals surface area contributed by atoms with E-state index in [9.17, 15) is 4.79 Å². The van der Waals surface area contributed by atoms with Gasteiger partial charge in [-0.2, -0.15) is 0 Å². The summed E-state index contributed by atoms with van der Waals surface area (Å²) in [4.78, 5) is 18.0. The average molecular weight is 386 g/mol. The van der Waals surface area contributed by atoms with Gasteiger partial charge in [-0.1, -0.05) is 13.8 Å². The zero-order chi connectivity index (χ0) is 17.4. The molecule has 0 aliphatic carbocycles. The fourth-order valence-corrected chi connectivity index (χ4v) is 2.76. The molecule has 1 aliphatic rings. The van der Waals surface area contributed by atoms with Gasteiger partial charge in [0.15, 0.2) is 11.6 Å². The summed E-state index contributed by atoms with van der Waals surface area (Å²) in [5.41, 5.74) is 5.14. The molecule has 1 aliphatic heterocycles. The Hall–Kier alpha value is -1.50. The van der Waals surface area contributed by atoms with E-state index in [4.69, 9.17) is 15.2 Å². The summed E-state index contributed by atoms with van der Waals surface area (Å²) in [6.07, 6.45) is 1.11. The van der Waals surface area contributed by atoms with Crippen LogP contribution in [0.1, 0.15) is 34.6 Å². The van der Waals surface area contributed by atoms with Gasteiger partial charge >= 0.3 is 6.09 Å². The number of aromatic nitrogens is 1. The van der Waals surface area contributed by atoms with Crippen molar-refractivity contribution in [2.45, 2.75) is 46.3 Å². The predicted molar refractivity (Wildman–Crippen MR) is 92.4 cm³/mol. The first kappa shape index (κ1) is 17.8. The Labute approximate surface area is 145 Å². The van der Waals surface area contributed by atoms with Gasteiger partial charge in [0, 0.05) is 22.6 Å². The third kappa shape index (κ3) is 4.50. The van der Waals surface area contributed by atoms with E-state index in [0.717, 1.165) is 4.47 Å². The standard InChI is InChI=1S/C16H24BrN3O3/c1-15(2,3)23-14(21)20-8-12(16(4,5)9-20)22-11-6-10(17)7-19-13(11)18/h6-7,12H,8-9H2,1-5H3,(H2,18,19). The van der Waals surface area contributed by atoms with E-state index in [2.05, 4.69) is 34.8 Å². The van der Waals surface area contributed by atoms with Crippen LogP contribution >= 0.6 is 15.9 Å². The Kier molecular flexibility index (Phi) is 4.80. The molecule has 0 spiro atoms. The lowest BCUT2D eigenvalue weighted by Crippen LogP contribution is -2.36. The third-order valence-electron chi connectivity index (χ3n) is 3.63. The van der Waals surface area contributed by atoms with Crippen LogP contribution in [0, 0.1) is 5.41 Å². The highest BCUT2D eigenvalue weighted by Gasteiger charge is 2.44. The summed E-state index contributed by atoms with van der Waals surface area (Å²) in [6, 6.07) is 1.79. The van der Waals surface area contributed by atoms with Gasteiger partial charge in [0.05, 0.1) is 6.54 Å². The van der Waals surface area contributed by atoms with E-state index in [1.807, 2.05) is 20.8 Å². The van der Waals surface area contributed by atoms with Gasteiger partial charge in [-0.25, -0.2) is 9.78 Å². The number of carbonyl (C=O) groups is 1. The van der Waals surface area contributed by atoms with Crippen LogP contribution in [0.15, 0.2) is 16.7 Å². The maximum Gasteiger partial charge on any atom is 0.410 e. The maximum absolute atomic E-state index is 12.3. The summed E-state index contributed by atoms with van der Waals surface area (Å²) >= 11 is 3.36. The molecule has 0 aromatic carbocycles. The molecule has 1 unspecified atom stereocenters. The third-order valence-corrected chi connectivity index (χ3v) is 4.06. The smallest absolute Gasteiger partial charge is 0.410 e. The molecule has 23 heavy (non-hydrogen) atoms. The minimum atomic E-state index is -0.515. The second kappa shape index (κ2) is 6.19. The minimum absolute atomic E-state index is 0.187. The van der Waals surface area contributed by atoms with Crippen molar-refractivity contribution in [2.75, 3.05) is 18.8 Å². The van der Waals surface area contributed by atoms with Gasteiger partial charge in [-0.15, -0.1) is 0 Å². The van der Waals surface area contributed by atoms with Gasteiger partial charge in [-0.05, 0) is 42.8 Å². The summed E-state index contributed by atoms with van der Waals surface area (Å²) in [6.45, 7) is 10.7. The van der Waals surface area contributed by atoms with Crippen LogP contribution in [-0.4, -0.2) is 40.8 Å². The normalized spacial score (nSPS) is 20.4. The van der Waals surface area contributed by atoms with Crippen LogP contribution < -0.4 is 10.5 Å². The van der Waals surface area contributed by atoms with Crippen molar-refractivity contribution in [3.8, 4) is 5.75 Å². The Bertz CT molecular complexity index is 599. The fraction of sp³-hybridized carbons (Fsp3) is 0.625. The SMILES string of the molecule is CC(C)(C)OC(=O)N1CC(Oc2cc(Br)cnc2N)C(C)(C)C1. The molecule has 128 valence electrons. The zero-order valence-corrected chi connectivity index (χ0v) is 15.8. The zero-order valence-electron chi connectivity index (χ0n) is 14.2. The number of rotatable bonds is 2. The Morgan fingerprint density at radius 1 is 1.48 bits per heavy atom. The molecule has 1 saturated heterocycles. The molecule has 1 aromatic rings. The van der Waals surface area contributed by atoms with Gasteiger partial charge in [-0.3, -0.25) is 0 Å². The highest BCUT2D eigenvalue weighted by Crippen LogP contribution is 2.35. The monoisotopic (exact) mass is 385 g/mol. The van der Waals surface area contributed by atoms with Crippen molar-refractivity contribution in [1.29, 1.82) is 0 Å². The number of hydrogen-bond donors (Lipinski definition) is 1. The number of pyridine rings is 1. The molecule has 0 bridgehead atoms. The summed E-state index contributed by atoms with van der Waals surface area (Å²) in [5.74, 6) is 0.850. The molecule has 0 saturated carbocycles. The fourth-order valence-electron chi connectivity index (χ4n) is 2.45. The van der Waals surface area contributed by atoms with E-state index in [0.29, 0.717) is 24.7 Å². The second-order valence-electron chi connectivity index (χ2n) is 7.49. The molecule has 0 radical (unpaired) electrons. The van der Waals surface area contributed by atoms with Crippen molar-refractivity contribution in [3.63, 3.8) is 0 Å². The Morgan fingerprint density at radius 3 is 2.74 bits per heavy atom. The summed E-state index contributed by atoms with van der Waals surface area (Å²) in [5, 5.41) is 0. The molecule has 1 amide bonds. The van der Waals surface area contributed by atoms with Gasteiger partial charge in [0.25, 0.3) is 0 Å². The number of anilines is 1. The lowest BCUT2D eigenvalue weighted by molar-refractivity contribution is 0.0272. The summed E-state index contributed by atoms with van der Waals surface area (Å²) in [7, 11) is 0. The average Bonchev–Trinajstić information content (AvgIpc) is 2.68. The van der Waals surface area contributed by atoms with Crippen molar-refractivity contribution in [2.24, 2.45) is 5.41 Å². The first-order valence-corrected chi connectivity index (χ1v) is 8.33. The molecular weight excluding hydrogens is 362 g/mol. The summed E-state index contributed by atoms with van der Waals surface area (Å²) < 4.78 is 12.3. The molecule has 1 fully saturated rings. The Morgan fingerprint density at radius 2 is 2.13 bits per heavy atom. The molecule has 2 heterocycles. The first-order chi connectivity index (χ1) is 10.5. The lowest BCUT2D eigenvalue weighted by Gasteiger charge is -2.26. The second-order valence-corrected chi connectivity index (χ2v) is 8.41.